The summed E-state index contributed by atoms with van der Waals surface area (Å²) in [7, 11) is 0. The molecule has 10 nitrogen and oxygen atoms in total. The topological polar surface area (TPSA) is 146 Å². The Kier molecular flexibility index (Phi) is 9.21. The van der Waals surface area contributed by atoms with E-state index in [0.29, 0.717) is 12.3 Å². The van der Waals surface area contributed by atoms with Gasteiger partial charge >= 0.3 is 12.1 Å². The van der Waals surface area contributed by atoms with Crippen LogP contribution in [0.25, 0.3) is 0 Å². The first-order chi connectivity index (χ1) is 16.0. The summed E-state index contributed by atoms with van der Waals surface area (Å²) in [6.45, 7) is 9.93. The number of nitriles is 1. The van der Waals surface area contributed by atoms with Gasteiger partial charge in [0.1, 0.15) is 28.9 Å². The maximum atomic E-state index is 12.2. The van der Waals surface area contributed by atoms with Gasteiger partial charge in [0.15, 0.2) is 0 Å². The van der Waals surface area contributed by atoms with Gasteiger partial charge in [-0.1, -0.05) is 12.1 Å². The number of carbonyl (C=O) groups is 2. The molecule has 0 bridgehead atoms. The van der Waals surface area contributed by atoms with E-state index >= 15 is 0 Å². The minimum Gasteiger partial charge on any atom is -0.478 e. The minimum absolute atomic E-state index is 0.0288. The number of rotatable bonds is 10. The third-order valence-electron chi connectivity index (χ3n) is 4.41. The number of ether oxygens (including phenoxy) is 2. The molecule has 1 heterocycles. The number of aromatic carboxylic acids is 1. The number of nitrogens with one attached hydrogen (secondary N) is 3. The maximum Gasteiger partial charge on any atom is 0.408 e. The second kappa shape index (κ2) is 11.9. The molecule has 1 amide bonds. The molecule has 0 aliphatic heterocycles. The van der Waals surface area contributed by atoms with Gasteiger partial charge in [-0.15, -0.1) is 0 Å². The number of carbonyl (C=O) groups excluding carboxylic acids is 1. The Bertz CT molecular complexity index is 1060. The van der Waals surface area contributed by atoms with Gasteiger partial charge < -0.3 is 30.5 Å². The summed E-state index contributed by atoms with van der Waals surface area (Å²) in [6, 6.07) is 10.2. The van der Waals surface area contributed by atoms with Crippen LogP contribution in [0.5, 0.6) is 0 Å². The van der Waals surface area contributed by atoms with Crippen LogP contribution in [0.15, 0.2) is 30.3 Å². The number of aryl methyl sites for hydroxylation is 1. The molecule has 2 rings (SSSR count). The van der Waals surface area contributed by atoms with E-state index in [2.05, 4.69) is 20.9 Å². The number of amides is 1. The highest BCUT2D eigenvalue weighted by Gasteiger charge is 2.22. The van der Waals surface area contributed by atoms with Crippen molar-refractivity contribution in [1.29, 1.82) is 5.26 Å². The Balaban J connectivity index is 2.27. The van der Waals surface area contributed by atoms with Crippen molar-refractivity contribution in [3.63, 3.8) is 0 Å². The molecule has 0 aliphatic rings. The molecule has 0 fully saturated rings. The smallest absolute Gasteiger partial charge is 0.408 e. The van der Waals surface area contributed by atoms with Crippen molar-refractivity contribution in [3.05, 3.63) is 47.0 Å². The summed E-state index contributed by atoms with van der Waals surface area (Å²) >= 11 is 0. The van der Waals surface area contributed by atoms with Gasteiger partial charge in [-0.2, -0.15) is 5.26 Å². The van der Waals surface area contributed by atoms with Crippen molar-refractivity contribution >= 4 is 29.4 Å². The Morgan fingerprint density at radius 1 is 1.26 bits per heavy atom. The number of hydrogen-bond acceptors (Lipinski definition) is 8. The third kappa shape index (κ3) is 8.26. The number of aromatic nitrogens is 1. The van der Waals surface area contributed by atoms with Crippen LogP contribution in [0.2, 0.25) is 0 Å². The van der Waals surface area contributed by atoms with Gasteiger partial charge in [0.2, 0.25) is 0 Å². The molecule has 1 atom stereocenters. The number of alkyl carbamates (subject to hydrolysis) is 1. The van der Waals surface area contributed by atoms with E-state index in [1.54, 1.807) is 26.8 Å². The van der Waals surface area contributed by atoms with Crippen LogP contribution in [0.4, 0.5) is 22.1 Å². The molecular weight excluding hydrogens is 438 g/mol. The lowest BCUT2D eigenvalue weighted by Gasteiger charge is -2.24. The van der Waals surface area contributed by atoms with Crippen molar-refractivity contribution in [3.8, 4) is 6.07 Å². The first-order valence-corrected chi connectivity index (χ1v) is 10.9. The molecule has 1 aromatic heterocycles. The molecule has 0 spiro atoms. The van der Waals surface area contributed by atoms with E-state index in [1.165, 1.54) is 6.07 Å². The molecule has 34 heavy (non-hydrogen) atoms. The van der Waals surface area contributed by atoms with Crippen molar-refractivity contribution in [2.75, 3.05) is 30.4 Å². The van der Waals surface area contributed by atoms with Crippen LogP contribution in [0.1, 0.15) is 49.2 Å². The number of anilines is 3. The molecule has 182 valence electrons. The Morgan fingerprint density at radius 2 is 2.00 bits per heavy atom. The Labute approximate surface area is 199 Å². The number of hydrogen-bond donors (Lipinski definition) is 4. The molecule has 0 radical (unpaired) electrons. The summed E-state index contributed by atoms with van der Waals surface area (Å²) < 4.78 is 10.8. The Hall–Kier alpha value is -3.84. The molecular formula is C24H31N5O5. The predicted octanol–water partition coefficient (Wildman–Crippen LogP) is 4.05. The number of benzene rings is 1. The summed E-state index contributed by atoms with van der Waals surface area (Å²) in [6.07, 6.45) is -0.590. The van der Waals surface area contributed by atoms with Gasteiger partial charge in [0, 0.05) is 18.8 Å². The first kappa shape index (κ1) is 26.4. The predicted molar refractivity (Wildman–Crippen MR) is 129 cm³/mol. The van der Waals surface area contributed by atoms with Gasteiger partial charge in [0.25, 0.3) is 0 Å². The second-order valence-electron chi connectivity index (χ2n) is 8.57. The molecule has 0 saturated heterocycles. The number of carboxylic acid groups (broad SMARTS) is 1. The van der Waals surface area contributed by atoms with Crippen molar-refractivity contribution in [1.82, 2.24) is 10.3 Å². The quantitative estimate of drug-likeness (QED) is 0.405. The van der Waals surface area contributed by atoms with Crippen molar-refractivity contribution in [2.24, 2.45) is 0 Å². The van der Waals surface area contributed by atoms with Crippen LogP contribution in [-0.4, -0.2) is 53.6 Å². The summed E-state index contributed by atoms with van der Waals surface area (Å²) in [5.74, 6) is -0.975. The van der Waals surface area contributed by atoms with Crippen LogP contribution >= 0.6 is 0 Å². The van der Waals surface area contributed by atoms with Crippen LogP contribution < -0.4 is 16.0 Å². The highest BCUT2D eigenvalue weighted by molar-refractivity contribution is 5.97. The average molecular weight is 470 g/mol. The van der Waals surface area contributed by atoms with E-state index < -0.39 is 23.7 Å². The molecule has 4 N–H and O–H groups in total. The first-order valence-electron chi connectivity index (χ1n) is 10.9. The Morgan fingerprint density at radius 3 is 2.59 bits per heavy atom. The largest absolute Gasteiger partial charge is 0.478 e. The van der Waals surface area contributed by atoms with Gasteiger partial charge in [-0.05, 0) is 58.4 Å². The fourth-order valence-electron chi connectivity index (χ4n) is 3.00. The van der Waals surface area contributed by atoms with E-state index in [4.69, 9.17) is 9.47 Å². The van der Waals surface area contributed by atoms with Gasteiger partial charge in [-0.3, -0.25) is 0 Å². The fourth-order valence-corrected chi connectivity index (χ4v) is 3.00. The second-order valence-corrected chi connectivity index (χ2v) is 8.57. The molecule has 1 unspecified atom stereocenters. The van der Waals surface area contributed by atoms with Crippen LogP contribution in [0.3, 0.4) is 0 Å². The van der Waals surface area contributed by atoms with Gasteiger partial charge in [-0.25, -0.2) is 14.6 Å². The highest BCUT2D eigenvalue weighted by atomic mass is 16.6. The zero-order chi connectivity index (χ0) is 25.3. The van der Waals surface area contributed by atoms with E-state index in [-0.39, 0.29) is 35.9 Å². The number of pyridine rings is 1. The molecule has 1 aromatic carbocycles. The van der Waals surface area contributed by atoms with Crippen LogP contribution in [0, 0.1) is 18.3 Å². The maximum absolute atomic E-state index is 12.2. The third-order valence-corrected chi connectivity index (χ3v) is 4.41. The zero-order valence-corrected chi connectivity index (χ0v) is 20.1. The van der Waals surface area contributed by atoms with E-state index in [9.17, 15) is 20.0 Å². The van der Waals surface area contributed by atoms with E-state index in [1.807, 2.05) is 38.1 Å². The van der Waals surface area contributed by atoms with Crippen LogP contribution in [-0.2, 0) is 9.47 Å². The van der Waals surface area contributed by atoms with Crippen molar-refractivity contribution in [2.45, 2.75) is 46.3 Å². The lowest BCUT2D eigenvalue weighted by Crippen LogP contribution is -2.45. The lowest BCUT2D eigenvalue weighted by atomic mass is 10.1. The lowest BCUT2D eigenvalue weighted by molar-refractivity contribution is 0.0456. The van der Waals surface area contributed by atoms with Gasteiger partial charge in [0.05, 0.1) is 18.2 Å². The zero-order valence-electron chi connectivity index (χ0n) is 20.1. The summed E-state index contributed by atoms with van der Waals surface area (Å²) in [4.78, 5) is 28.4. The average Bonchev–Trinajstić information content (AvgIpc) is 2.73. The molecule has 2 aromatic rings. The van der Waals surface area contributed by atoms with E-state index in [0.717, 1.165) is 5.56 Å². The SMILES string of the molecule is CCOCC(CNc1cc(C#N)c(C(=O)O)c(Nc2cccc(C)c2)n1)NC(=O)OC(C)(C)C. The molecule has 0 saturated carbocycles. The minimum atomic E-state index is -1.27. The van der Waals surface area contributed by atoms with Crippen molar-refractivity contribution < 1.29 is 24.2 Å². The summed E-state index contributed by atoms with van der Waals surface area (Å²) in [5.41, 5.74) is 0.675. The highest BCUT2D eigenvalue weighted by Crippen LogP contribution is 2.25. The number of nitrogens with zero attached hydrogens (tertiary/aromatic N) is 2. The molecule has 0 aliphatic carbocycles. The number of carboxylic acids is 1. The monoisotopic (exact) mass is 469 g/mol. The normalized spacial score (nSPS) is 11.8. The molecule has 10 heteroatoms. The standard InChI is InChI=1S/C24H31N5O5/c1-6-33-14-18(28-23(32)34-24(3,4)5)13-26-19-11-16(12-25)20(22(30)31)21(29-19)27-17-9-7-8-15(2)10-17/h7-11,18H,6,13-14H2,1-5H3,(H,28,32)(H,30,31)(H2,26,27,29). The summed E-state index contributed by atoms with van der Waals surface area (Å²) in [5, 5.41) is 28.0. The fraction of sp³-hybridized carbons (Fsp3) is 0.417.